The van der Waals surface area contributed by atoms with E-state index in [-0.39, 0.29) is 25.0 Å². The average molecular weight is 518 g/mol. The number of aliphatic hydroxyl groups is 2. The van der Waals surface area contributed by atoms with Crippen LogP contribution in [0.4, 0.5) is 0 Å². The molecule has 7 aromatic rings. The number of nitrogens with one attached hydrogen (secondary N) is 1. The fourth-order valence-electron chi connectivity index (χ4n) is 6.63. The van der Waals surface area contributed by atoms with E-state index in [1.807, 2.05) is 23.0 Å². The van der Waals surface area contributed by atoms with Gasteiger partial charge in [-0.15, -0.1) is 0 Å². The quantitative estimate of drug-likeness (QED) is 0.255. The normalized spacial score (nSPS) is 15.8. The first-order chi connectivity index (χ1) is 19.2. The number of benzene rings is 3. The molecule has 1 unspecified atom stereocenters. The topological polar surface area (TPSA) is 104 Å². The van der Waals surface area contributed by atoms with Crippen molar-refractivity contribution in [1.29, 1.82) is 0 Å². The summed E-state index contributed by atoms with van der Waals surface area (Å²) < 4.78 is 6.67. The molecule has 4 N–H and O–H groups in total. The van der Waals surface area contributed by atoms with Crippen molar-refractivity contribution in [3.63, 3.8) is 0 Å². The Balaban J connectivity index is 1.50. The lowest BCUT2D eigenvalue weighted by atomic mass is 10.0. The fourth-order valence-corrected chi connectivity index (χ4v) is 6.63. The van der Waals surface area contributed by atoms with E-state index in [9.17, 15) is 15.3 Å². The van der Waals surface area contributed by atoms with Crippen LogP contribution < -0.4 is 0 Å². The summed E-state index contributed by atoms with van der Waals surface area (Å²) in [6, 6.07) is 12.6. The first kappa shape index (κ1) is 22.5. The van der Waals surface area contributed by atoms with Crippen molar-refractivity contribution in [2.45, 2.75) is 26.2 Å². The van der Waals surface area contributed by atoms with E-state index >= 15 is 0 Å². The predicted molar refractivity (Wildman–Crippen MR) is 154 cm³/mol. The van der Waals surface area contributed by atoms with E-state index in [4.69, 9.17) is 0 Å². The van der Waals surface area contributed by atoms with E-state index in [1.54, 1.807) is 12.5 Å². The molecule has 8 nitrogen and oxygen atoms in total. The lowest BCUT2D eigenvalue weighted by molar-refractivity contribution is 0.201. The average Bonchev–Trinajstić information content (AvgIpc) is 3.71. The zero-order chi connectivity index (χ0) is 26.2. The highest BCUT2D eigenvalue weighted by Crippen LogP contribution is 2.48. The standard InChI is InChI=1S/C31H27N5O3/c37-15-19-4-6-24-21(11-19)26-23-12-33-31(39)28(23)27-22-10-18(2-1-8-34-9-7-32-17-34)3-5-25(22)36-14-20(16-38)13-35(24)29(26)30(27)36/h1-7,9-12,17,20,33,37-39H,8,13-16H2/b2-1+. The molecule has 39 heavy (non-hydrogen) atoms. The lowest BCUT2D eigenvalue weighted by Gasteiger charge is -2.15. The van der Waals surface area contributed by atoms with Gasteiger partial charge in [-0.25, -0.2) is 4.98 Å². The smallest absolute Gasteiger partial charge is 0.197 e. The Labute approximate surface area is 222 Å². The number of allylic oxidation sites excluding steroid dienone is 1. The Hall–Kier alpha value is -4.53. The number of aromatic nitrogens is 5. The van der Waals surface area contributed by atoms with Gasteiger partial charge in [0.25, 0.3) is 0 Å². The summed E-state index contributed by atoms with van der Waals surface area (Å²) in [7, 11) is 0. The van der Waals surface area contributed by atoms with Gasteiger partial charge in [-0.3, -0.25) is 0 Å². The van der Waals surface area contributed by atoms with Crippen LogP contribution in [0.15, 0.2) is 67.4 Å². The number of rotatable bonds is 5. The second-order valence-corrected chi connectivity index (χ2v) is 10.6. The van der Waals surface area contributed by atoms with Crippen LogP contribution in [0.25, 0.3) is 60.5 Å². The highest BCUT2D eigenvalue weighted by molar-refractivity contribution is 6.37. The Morgan fingerprint density at radius 3 is 2.44 bits per heavy atom. The van der Waals surface area contributed by atoms with Gasteiger partial charge in [0, 0.05) is 88.7 Å². The number of hydrogen-bond acceptors (Lipinski definition) is 4. The van der Waals surface area contributed by atoms with Crippen molar-refractivity contribution in [2.24, 2.45) is 5.92 Å². The molecule has 0 bridgehead atoms. The largest absolute Gasteiger partial charge is 0.494 e. The highest BCUT2D eigenvalue weighted by Gasteiger charge is 2.29. The molecular formula is C31H27N5O3. The van der Waals surface area contributed by atoms with Gasteiger partial charge in [0.2, 0.25) is 0 Å². The third-order valence-electron chi connectivity index (χ3n) is 8.33. The number of aliphatic hydroxyl groups excluding tert-OH is 2. The Bertz CT molecular complexity index is 2090. The number of fused-ring (bicyclic) bond motifs is 9. The lowest BCUT2D eigenvalue weighted by Crippen LogP contribution is -2.18. The summed E-state index contributed by atoms with van der Waals surface area (Å²) >= 11 is 0. The van der Waals surface area contributed by atoms with Crippen LogP contribution in [-0.2, 0) is 26.2 Å². The van der Waals surface area contributed by atoms with Gasteiger partial charge in [-0.1, -0.05) is 24.3 Å². The van der Waals surface area contributed by atoms with Gasteiger partial charge in [0.1, 0.15) is 0 Å². The molecule has 4 aromatic heterocycles. The van der Waals surface area contributed by atoms with Gasteiger partial charge >= 0.3 is 0 Å². The fraction of sp³-hybridized carbons (Fsp3) is 0.194. The molecule has 3 aromatic carbocycles. The van der Waals surface area contributed by atoms with Gasteiger partial charge in [-0.05, 0) is 35.4 Å². The number of aromatic hydroxyl groups is 1. The molecule has 0 radical (unpaired) electrons. The minimum atomic E-state index is -0.0386. The molecule has 0 saturated heterocycles. The minimum Gasteiger partial charge on any atom is -0.494 e. The summed E-state index contributed by atoms with van der Waals surface area (Å²) in [4.78, 5) is 7.19. The maximum atomic E-state index is 11.1. The molecule has 194 valence electrons. The zero-order valence-electron chi connectivity index (χ0n) is 21.2. The molecule has 1 atom stereocenters. The molecular weight excluding hydrogens is 490 g/mol. The maximum absolute atomic E-state index is 11.1. The van der Waals surface area contributed by atoms with Crippen LogP contribution in [0.3, 0.4) is 0 Å². The Morgan fingerprint density at radius 2 is 1.69 bits per heavy atom. The summed E-state index contributed by atoms with van der Waals surface area (Å²) in [5, 5.41) is 37.4. The molecule has 1 aliphatic rings. The van der Waals surface area contributed by atoms with Crippen LogP contribution in [0, 0.1) is 5.92 Å². The van der Waals surface area contributed by atoms with Gasteiger partial charge in [0.15, 0.2) is 5.88 Å². The summed E-state index contributed by atoms with van der Waals surface area (Å²) in [6.07, 6.45) is 11.6. The summed E-state index contributed by atoms with van der Waals surface area (Å²) in [6.45, 7) is 2.13. The van der Waals surface area contributed by atoms with E-state index in [0.717, 1.165) is 72.1 Å². The monoisotopic (exact) mass is 517 g/mol. The van der Waals surface area contributed by atoms with Crippen LogP contribution in [0.5, 0.6) is 5.88 Å². The first-order valence-corrected chi connectivity index (χ1v) is 13.2. The van der Waals surface area contributed by atoms with Crippen molar-refractivity contribution in [2.75, 3.05) is 6.61 Å². The van der Waals surface area contributed by atoms with Crippen LogP contribution in [-0.4, -0.2) is 45.6 Å². The predicted octanol–water partition coefficient (Wildman–Crippen LogP) is 5.11. The van der Waals surface area contributed by atoms with Crippen LogP contribution >= 0.6 is 0 Å². The Morgan fingerprint density at radius 1 is 0.923 bits per heavy atom. The SMILES string of the molecule is OCc1ccc2c(c1)c1c3c[nH]c(O)c3c3c4cc(/C=C/Cn5ccnc5)ccc4n4c3c1n2CC(CO)C4. The number of imidazole rings is 1. The second kappa shape index (κ2) is 8.23. The molecule has 0 aliphatic carbocycles. The number of hydrogen-bond donors (Lipinski definition) is 4. The zero-order valence-corrected chi connectivity index (χ0v) is 21.2. The second-order valence-electron chi connectivity index (χ2n) is 10.6. The molecule has 0 spiro atoms. The molecule has 0 saturated carbocycles. The van der Waals surface area contributed by atoms with E-state index in [2.05, 4.69) is 61.6 Å². The maximum Gasteiger partial charge on any atom is 0.197 e. The molecule has 1 aliphatic heterocycles. The molecule has 8 rings (SSSR count). The summed E-state index contributed by atoms with van der Waals surface area (Å²) in [5.74, 6) is 0.172. The molecule has 0 fully saturated rings. The third kappa shape index (κ3) is 3.10. The van der Waals surface area contributed by atoms with Crippen molar-refractivity contribution < 1.29 is 15.3 Å². The molecule has 5 heterocycles. The van der Waals surface area contributed by atoms with Crippen molar-refractivity contribution >= 4 is 60.5 Å². The van der Waals surface area contributed by atoms with Crippen molar-refractivity contribution in [3.8, 4) is 5.88 Å². The number of aromatic amines is 1. The van der Waals surface area contributed by atoms with Gasteiger partial charge < -0.3 is 34.0 Å². The third-order valence-corrected chi connectivity index (χ3v) is 8.33. The number of H-pyrrole nitrogens is 1. The number of nitrogens with zero attached hydrogens (tertiary/aromatic N) is 4. The highest BCUT2D eigenvalue weighted by atomic mass is 16.3. The van der Waals surface area contributed by atoms with Crippen molar-refractivity contribution in [1.82, 2.24) is 23.7 Å². The van der Waals surface area contributed by atoms with Gasteiger partial charge in [-0.2, -0.15) is 0 Å². The minimum absolute atomic E-state index is 0.0248. The van der Waals surface area contributed by atoms with E-state index in [0.29, 0.717) is 13.1 Å². The van der Waals surface area contributed by atoms with E-state index in [1.165, 1.54) is 0 Å². The van der Waals surface area contributed by atoms with Crippen molar-refractivity contribution in [3.05, 3.63) is 78.5 Å². The molecule has 0 amide bonds. The van der Waals surface area contributed by atoms with Crippen LogP contribution in [0.2, 0.25) is 0 Å². The Kier molecular flexibility index (Phi) is 4.74. The van der Waals surface area contributed by atoms with E-state index < -0.39 is 0 Å². The van der Waals surface area contributed by atoms with Crippen LogP contribution in [0.1, 0.15) is 11.1 Å². The summed E-state index contributed by atoms with van der Waals surface area (Å²) in [5.41, 5.74) is 6.24. The van der Waals surface area contributed by atoms with Gasteiger partial charge in [0.05, 0.1) is 29.4 Å². The molecule has 8 heteroatoms. The first-order valence-electron chi connectivity index (χ1n) is 13.2.